The number of benzene rings is 2. The average Bonchev–Trinajstić information content (AvgIpc) is 3.22. The smallest absolute Gasteiger partial charge is 0.326 e. The third kappa shape index (κ3) is 18.7. The molecule has 64 heavy (non-hydrogen) atoms. The highest BCUT2D eigenvalue weighted by Crippen LogP contribution is 2.12. The van der Waals surface area contributed by atoms with E-state index in [0.29, 0.717) is 17.5 Å². The van der Waals surface area contributed by atoms with E-state index in [9.17, 15) is 68.1 Å². The Labute approximate surface area is 367 Å². The monoisotopic (exact) mass is 897 g/mol. The standard InChI is InChI=1S/C41H55N9O14/c1-3-21(2)34(50-35(57)24(42)18-31(44)52)40(62)48-28(19-32(53)54)39(61)47-26(16-22-10-6-4-7-11-22)37(59)45-25(14-15-30(43)51)36(58)46-27(17-23-12-8-5-9-13-23)38(60)49-29(41(63)64)20-33(55)56/h4-13,21,24-29,34H,3,14-20,42H2,1-2H3,(H2,43,51)(H2,44,52)(H,45,59)(H,46,58)(H,47,61)(H,48,62)(H,49,60)(H,50,57)(H,53,54)(H,55,56)(H,63,64)/t21-,24-,25-,26-,27-,28-,29-,34-/m0/s1. The molecule has 348 valence electrons. The molecular formula is C41H55N9O14. The first kappa shape index (κ1) is 52.7. The minimum atomic E-state index is -1.89. The van der Waals surface area contributed by atoms with Crippen molar-refractivity contribution in [1.29, 1.82) is 0 Å². The topological polar surface area (TPSA) is 399 Å². The van der Waals surface area contributed by atoms with Crippen LogP contribution >= 0.6 is 0 Å². The molecule has 0 radical (unpaired) electrons. The third-order valence-electron chi connectivity index (χ3n) is 9.70. The van der Waals surface area contributed by atoms with Gasteiger partial charge in [0.05, 0.1) is 25.3 Å². The summed E-state index contributed by atoms with van der Waals surface area (Å²) in [5.74, 6) is -13.5. The number of carbonyl (C=O) groups is 11. The van der Waals surface area contributed by atoms with Gasteiger partial charge in [-0.3, -0.25) is 47.9 Å². The molecule has 0 aliphatic carbocycles. The van der Waals surface area contributed by atoms with E-state index in [2.05, 4.69) is 31.9 Å². The Morgan fingerprint density at radius 1 is 0.516 bits per heavy atom. The summed E-state index contributed by atoms with van der Waals surface area (Å²) in [4.78, 5) is 140. The molecule has 0 unspecified atom stereocenters. The number of carboxylic acids is 3. The number of hydrogen-bond acceptors (Lipinski definition) is 12. The van der Waals surface area contributed by atoms with Crippen LogP contribution in [0.15, 0.2) is 60.7 Å². The van der Waals surface area contributed by atoms with Gasteiger partial charge in [-0.15, -0.1) is 0 Å². The van der Waals surface area contributed by atoms with Crippen molar-refractivity contribution in [3.05, 3.63) is 71.8 Å². The molecule has 23 heteroatoms. The van der Waals surface area contributed by atoms with Gasteiger partial charge in [-0.05, 0) is 23.5 Å². The summed E-state index contributed by atoms with van der Waals surface area (Å²) in [5.41, 5.74) is 17.2. The van der Waals surface area contributed by atoms with E-state index in [0.717, 1.165) is 0 Å². The lowest BCUT2D eigenvalue weighted by molar-refractivity contribution is -0.147. The van der Waals surface area contributed by atoms with Crippen molar-refractivity contribution >= 4 is 65.2 Å². The van der Waals surface area contributed by atoms with Gasteiger partial charge >= 0.3 is 17.9 Å². The van der Waals surface area contributed by atoms with Gasteiger partial charge in [-0.2, -0.15) is 0 Å². The molecule has 0 saturated heterocycles. The summed E-state index contributed by atoms with van der Waals surface area (Å²) < 4.78 is 0. The average molecular weight is 898 g/mol. The highest BCUT2D eigenvalue weighted by Gasteiger charge is 2.36. The second kappa shape index (κ2) is 26.1. The molecule has 0 aliphatic rings. The Bertz CT molecular complexity index is 2000. The summed E-state index contributed by atoms with van der Waals surface area (Å²) in [6.45, 7) is 3.25. The zero-order chi connectivity index (χ0) is 48.1. The van der Waals surface area contributed by atoms with Crippen molar-refractivity contribution in [2.24, 2.45) is 23.1 Å². The fourth-order valence-corrected chi connectivity index (χ4v) is 6.05. The molecule has 0 heterocycles. The Morgan fingerprint density at radius 3 is 1.34 bits per heavy atom. The van der Waals surface area contributed by atoms with Crippen LogP contribution in [0.25, 0.3) is 0 Å². The number of nitrogens with one attached hydrogen (secondary N) is 6. The van der Waals surface area contributed by atoms with Crippen molar-refractivity contribution in [2.75, 3.05) is 0 Å². The van der Waals surface area contributed by atoms with Crippen LogP contribution < -0.4 is 49.1 Å². The Balaban J connectivity index is 2.49. The number of aliphatic carboxylic acids is 3. The van der Waals surface area contributed by atoms with Crippen LogP contribution in [-0.2, 0) is 65.6 Å². The molecular weight excluding hydrogens is 842 g/mol. The van der Waals surface area contributed by atoms with Crippen molar-refractivity contribution in [1.82, 2.24) is 31.9 Å². The number of primary amides is 2. The summed E-state index contributed by atoms with van der Waals surface area (Å²) in [5, 5.41) is 42.5. The highest BCUT2D eigenvalue weighted by atomic mass is 16.4. The maximum atomic E-state index is 14.1. The Kier molecular flexibility index (Phi) is 21.5. The quantitative estimate of drug-likeness (QED) is 0.0403. The molecule has 2 aromatic rings. The van der Waals surface area contributed by atoms with E-state index >= 15 is 0 Å². The number of hydrogen-bond donors (Lipinski definition) is 12. The maximum absolute atomic E-state index is 14.1. The number of rotatable bonds is 28. The molecule has 0 aliphatic heterocycles. The minimum absolute atomic E-state index is 0.251. The van der Waals surface area contributed by atoms with Crippen LogP contribution in [0.5, 0.6) is 0 Å². The Hall–Kier alpha value is -7.43. The zero-order valence-electron chi connectivity index (χ0n) is 35.1. The third-order valence-corrected chi connectivity index (χ3v) is 9.70. The molecule has 2 rings (SSSR count). The van der Waals surface area contributed by atoms with Gasteiger partial charge in [0.1, 0.15) is 36.3 Å². The first-order valence-electron chi connectivity index (χ1n) is 20.0. The molecule has 0 saturated carbocycles. The molecule has 0 bridgehead atoms. The molecule has 8 atom stereocenters. The second-order valence-electron chi connectivity index (χ2n) is 14.9. The summed E-state index contributed by atoms with van der Waals surface area (Å²) in [6, 6.07) is 4.74. The van der Waals surface area contributed by atoms with Crippen LogP contribution in [0.1, 0.15) is 63.5 Å². The van der Waals surface area contributed by atoms with Gasteiger partial charge < -0.3 is 64.4 Å². The SMILES string of the molecule is CC[C@H](C)[C@H](NC(=O)[C@@H](N)CC(N)=O)C(=O)N[C@@H](CC(=O)O)C(=O)N[C@@H](Cc1ccccc1)C(=O)N[C@@H](CCC(N)=O)C(=O)N[C@@H](Cc1ccccc1)C(=O)N[C@@H](CC(=O)O)C(=O)O. The van der Waals surface area contributed by atoms with E-state index in [1.165, 1.54) is 0 Å². The van der Waals surface area contributed by atoms with Crippen LogP contribution in [0.3, 0.4) is 0 Å². The van der Waals surface area contributed by atoms with E-state index in [4.69, 9.17) is 17.2 Å². The summed E-state index contributed by atoms with van der Waals surface area (Å²) in [6.07, 6.45) is -3.74. The van der Waals surface area contributed by atoms with Crippen molar-refractivity contribution in [2.45, 2.75) is 108 Å². The first-order chi connectivity index (χ1) is 30.1. The van der Waals surface area contributed by atoms with Gasteiger partial charge in [-0.25, -0.2) is 4.79 Å². The van der Waals surface area contributed by atoms with E-state index in [-0.39, 0.29) is 12.8 Å². The zero-order valence-corrected chi connectivity index (χ0v) is 35.1. The lowest BCUT2D eigenvalue weighted by Gasteiger charge is -2.28. The summed E-state index contributed by atoms with van der Waals surface area (Å²) >= 11 is 0. The largest absolute Gasteiger partial charge is 0.481 e. The number of carboxylic acid groups (broad SMARTS) is 3. The van der Waals surface area contributed by atoms with Crippen LogP contribution in [0.2, 0.25) is 0 Å². The first-order valence-corrected chi connectivity index (χ1v) is 20.0. The van der Waals surface area contributed by atoms with Crippen molar-refractivity contribution in [3.8, 4) is 0 Å². The van der Waals surface area contributed by atoms with E-state index < -0.39 is 145 Å². The lowest BCUT2D eigenvalue weighted by Crippen LogP contribution is -2.61. The summed E-state index contributed by atoms with van der Waals surface area (Å²) in [7, 11) is 0. The second-order valence-corrected chi connectivity index (χ2v) is 14.9. The fourth-order valence-electron chi connectivity index (χ4n) is 6.05. The normalized spacial score (nSPS) is 14.5. The van der Waals surface area contributed by atoms with E-state index in [1.54, 1.807) is 74.5 Å². The van der Waals surface area contributed by atoms with Gasteiger partial charge in [0.15, 0.2) is 0 Å². The predicted octanol–water partition coefficient (Wildman–Crippen LogP) is -3.07. The van der Waals surface area contributed by atoms with Gasteiger partial charge in [-0.1, -0.05) is 80.9 Å². The number of nitrogens with two attached hydrogens (primary N) is 3. The molecule has 0 fully saturated rings. The minimum Gasteiger partial charge on any atom is -0.481 e. The van der Waals surface area contributed by atoms with Crippen LogP contribution in [-0.4, -0.2) is 123 Å². The van der Waals surface area contributed by atoms with Crippen molar-refractivity contribution < 1.29 is 68.1 Å². The van der Waals surface area contributed by atoms with Crippen LogP contribution in [0, 0.1) is 5.92 Å². The van der Waals surface area contributed by atoms with Gasteiger partial charge in [0, 0.05) is 19.3 Å². The molecule has 0 aromatic heterocycles. The lowest BCUT2D eigenvalue weighted by atomic mass is 9.97. The maximum Gasteiger partial charge on any atom is 0.326 e. The number of amides is 8. The van der Waals surface area contributed by atoms with Crippen molar-refractivity contribution in [3.63, 3.8) is 0 Å². The molecule has 8 amide bonds. The van der Waals surface area contributed by atoms with Gasteiger partial charge in [0.2, 0.25) is 47.3 Å². The van der Waals surface area contributed by atoms with E-state index in [1.807, 2.05) is 0 Å². The Morgan fingerprint density at radius 2 is 0.922 bits per heavy atom. The predicted molar refractivity (Wildman–Crippen MR) is 224 cm³/mol. The molecule has 0 spiro atoms. The molecule has 15 N–H and O–H groups in total. The molecule has 2 aromatic carbocycles. The highest BCUT2D eigenvalue weighted by molar-refractivity contribution is 5.98. The number of carbonyl (C=O) groups excluding carboxylic acids is 8. The molecule has 23 nitrogen and oxygen atoms in total. The fraction of sp³-hybridized carbons (Fsp3) is 0.439. The van der Waals surface area contributed by atoms with Gasteiger partial charge in [0.25, 0.3) is 0 Å². The van der Waals surface area contributed by atoms with Crippen LogP contribution in [0.4, 0.5) is 0 Å².